The van der Waals surface area contributed by atoms with Crippen LogP contribution in [-0.4, -0.2) is 12.6 Å². The maximum atomic E-state index is 6.14. The first kappa shape index (κ1) is 11.8. The molecule has 2 heteroatoms. The molecule has 1 rings (SSSR count). The van der Waals surface area contributed by atoms with E-state index in [2.05, 4.69) is 31.3 Å². The van der Waals surface area contributed by atoms with Crippen LogP contribution < -0.4 is 5.32 Å². The van der Waals surface area contributed by atoms with Gasteiger partial charge in [0.1, 0.15) is 0 Å². The third-order valence-electron chi connectivity index (χ3n) is 2.65. The predicted molar refractivity (Wildman–Crippen MR) is 63.6 cm³/mol. The third kappa shape index (κ3) is 3.47. The normalized spacial score (nSPS) is 22.6. The lowest BCUT2D eigenvalue weighted by Gasteiger charge is -2.14. The zero-order valence-corrected chi connectivity index (χ0v) is 9.90. The number of rotatable bonds is 4. The molecule has 1 atom stereocenters. The highest BCUT2D eigenvalue weighted by atomic mass is 35.5. The highest BCUT2D eigenvalue weighted by molar-refractivity contribution is 6.30. The number of nitrogens with one attached hydrogen (secondary N) is 1. The van der Waals surface area contributed by atoms with E-state index < -0.39 is 0 Å². The van der Waals surface area contributed by atoms with Gasteiger partial charge in [-0.1, -0.05) is 43.5 Å². The molecule has 0 aromatic carbocycles. The van der Waals surface area contributed by atoms with Crippen molar-refractivity contribution < 1.29 is 0 Å². The van der Waals surface area contributed by atoms with E-state index in [1.54, 1.807) is 0 Å². The van der Waals surface area contributed by atoms with Crippen LogP contribution in [0.25, 0.3) is 0 Å². The molecule has 1 aliphatic heterocycles. The summed E-state index contributed by atoms with van der Waals surface area (Å²) < 4.78 is 0. The van der Waals surface area contributed by atoms with Crippen LogP contribution in [0.2, 0.25) is 0 Å². The van der Waals surface area contributed by atoms with Crippen molar-refractivity contribution in [1.82, 2.24) is 5.32 Å². The molecule has 80 valence electrons. The Bertz CT molecular complexity index is 230. The molecule has 1 aliphatic rings. The minimum absolute atomic E-state index is 0.354. The number of unbranched alkanes of at least 4 members (excludes halogenated alkanes) is 1. The molecule has 14 heavy (non-hydrogen) atoms. The Morgan fingerprint density at radius 3 is 2.86 bits per heavy atom. The summed E-state index contributed by atoms with van der Waals surface area (Å²) in [6, 6.07) is 0.354. The van der Waals surface area contributed by atoms with Gasteiger partial charge in [0.25, 0.3) is 0 Å². The molecule has 1 N–H and O–H groups in total. The summed E-state index contributed by atoms with van der Waals surface area (Å²) in [7, 11) is 0. The van der Waals surface area contributed by atoms with E-state index in [1.165, 1.54) is 24.8 Å². The van der Waals surface area contributed by atoms with E-state index in [4.69, 9.17) is 11.6 Å². The van der Waals surface area contributed by atoms with E-state index in [0.717, 1.165) is 18.0 Å². The van der Waals surface area contributed by atoms with Gasteiger partial charge in [-0.05, 0) is 25.3 Å². The Hall–Kier alpha value is -0.270. The molecular formula is C12H20ClN. The van der Waals surface area contributed by atoms with Crippen LogP contribution in [0, 0.1) is 0 Å². The van der Waals surface area contributed by atoms with Crippen molar-refractivity contribution in [2.24, 2.45) is 0 Å². The van der Waals surface area contributed by atoms with Crippen LogP contribution >= 0.6 is 11.6 Å². The first-order valence-electron chi connectivity index (χ1n) is 5.56. The van der Waals surface area contributed by atoms with Crippen molar-refractivity contribution in [2.45, 2.75) is 45.6 Å². The fraction of sp³-hybridized carbons (Fsp3) is 0.667. The standard InChI is InChI=1S/C12H20ClN/c1-3-5-6-10-7-8-11(13)12(4-2)14-9-10/h7-8,12,14H,3-6,9H2,1-2H3/t12-/m0/s1. The summed E-state index contributed by atoms with van der Waals surface area (Å²) in [6.45, 7) is 5.37. The molecule has 0 fully saturated rings. The summed E-state index contributed by atoms with van der Waals surface area (Å²) in [5, 5.41) is 4.42. The number of hydrogen-bond donors (Lipinski definition) is 1. The molecule has 0 aromatic heterocycles. The highest BCUT2D eigenvalue weighted by Crippen LogP contribution is 2.17. The van der Waals surface area contributed by atoms with Crippen molar-refractivity contribution in [3.63, 3.8) is 0 Å². The van der Waals surface area contributed by atoms with Gasteiger partial charge < -0.3 is 5.32 Å². The SMILES string of the molecule is CCCCC1=CC=C(Cl)[C@H](CC)NC1. The second kappa shape index (κ2) is 6.26. The summed E-state index contributed by atoms with van der Waals surface area (Å²) in [5.74, 6) is 0. The Morgan fingerprint density at radius 1 is 1.43 bits per heavy atom. The highest BCUT2D eigenvalue weighted by Gasteiger charge is 2.12. The van der Waals surface area contributed by atoms with E-state index >= 15 is 0 Å². The largest absolute Gasteiger partial charge is 0.305 e. The first-order valence-corrected chi connectivity index (χ1v) is 5.94. The number of allylic oxidation sites excluding steroid dienone is 2. The topological polar surface area (TPSA) is 12.0 Å². The fourth-order valence-corrected chi connectivity index (χ4v) is 1.93. The monoisotopic (exact) mass is 213 g/mol. The molecule has 0 amide bonds. The van der Waals surface area contributed by atoms with E-state index in [-0.39, 0.29) is 0 Å². The minimum Gasteiger partial charge on any atom is -0.305 e. The molecule has 0 saturated heterocycles. The van der Waals surface area contributed by atoms with Crippen molar-refractivity contribution in [3.05, 3.63) is 22.8 Å². The predicted octanol–water partition coefficient (Wildman–Crippen LogP) is 3.61. The lowest BCUT2D eigenvalue weighted by molar-refractivity contribution is 0.592. The second-order valence-corrected chi connectivity index (χ2v) is 4.26. The van der Waals surface area contributed by atoms with Gasteiger partial charge >= 0.3 is 0 Å². The summed E-state index contributed by atoms with van der Waals surface area (Å²) >= 11 is 6.14. The molecule has 1 heterocycles. The van der Waals surface area contributed by atoms with Crippen LogP contribution in [0.4, 0.5) is 0 Å². The summed E-state index contributed by atoms with van der Waals surface area (Å²) in [4.78, 5) is 0. The van der Waals surface area contributed by atoms with Gasteiger partial charge in [0, 0.05) is 17.6 Å². The lowest BCUT2D eigenvalue weighted by Crippen LogP contribution is -2.29. The average molecular weight is 214 g/mol. The zero-order chi connectivity index (χ0) is 10.4. The Balaban J connectivity index is 2.51. The van der Waals surface area contributed by atoms with E-state index in [9.17, 15) is 0 Å². The van der Waals surface area contributed by atoms with Crippen LogP contribution in [0.3, 0.4) is 0 Å². The van der Waals surface area contributed by atoms with E-state index in [1.807, 2.05) is 0 Å². The first-order chi connectivity index (χ1) is 6.77. The summed E-state index contributed by atoms with van der Waals surface area (Å²) in [6.07, 6.45) is 9.02. The van der Waals surface area contributed by atoms with Crippen LogP contribution in [0.15, 0.2) is 22.8 Å². The van der Waals surface area contributed by atoms with Gasteiger partial charge in [-0.3, -0.25) is 0 Å². The van der Waals surface area contributed by atoms with Gasteiger partial charge in [-0.25, -0.2) is 0 Å². The molecule has 0 aromatic rings. The second-order valence-electron chi connectivity index (χ2n) is 3.82. The summed E-state index contributed by atoms with van der Waals surface area (Å²) in [5.41, 5.74) is 1.47. The molecule has 0 bridgehead atoms. The zero-order valence-electron chi connectivity index (χ0n) is 9.15. The molecular weight excluding hydrogens is 194 g/mol. The number of halogens is 1. The maximum Gasteiger partial charge on any atom is 0.0428 e. The van der Waals surface area contributed by atoms with Crippen LogP contribution in [-0.2, 0) is 0 Å². The Kier molecular flexibility index (Phi) is 5.28. The van der Waals surface area contributed by atoms with E-state index in [0.29, 0.717) is 6.04 Å². The quantitative estimate of drug-likeness (QED) is 0.753. The fourth-order valence-electron chi connectivity index (χ4n) is 1.64. The van der Waals surface area contributed by atoms with Crippen molar-refractivity contribution in [1.29, 1.82) is 0 Å². The third-order valence-corrected chi connectivity index (χ3v) is 3.04. The van der Waals surface area contributed by atoms with Gasteiger partial charge in [0.2, 0.25) is 0 Å². The molecule has 0 aliphatic carbocycles. The van der Waals surface area contributed by atoms with Gasteiger partial charge in [0.15, 0.2) is 0 Å². The van der Waals surface area contributed by atoms with Crippen molar-refractivity contribution >= 4 is 11.6 Å². The Morgan fingerprint density at radius 2 is 2.21 bits per heavy atom. The average Bonchev–Trinajstić information content (AvgIpc) is 2.37. The van der Waals surface area contributed by atoms with Gasteiger partial charge in [-0.2, -0.15) is 0 Å². The molecule has 0 spiro atoms. The van der Waals surface area contributed by atoms with Gasteiger partial charge in [-0.15, -0.1) is 0 Å². The maximum absolute atomic E-state index is 6.14. The van der Waals surface area contributed by atoms with Crippen molar-refractivity contribution in [2.75, 3.05) is 6.54 Å². The van der Waals surface area contributed by atoms with Gasteiger partial charge in [0.05, 0.1) is 0 Å². The van der Waals surface area contributed by atoms with Crippen molar-refractivity contribution in [3.8, 4) is 0 Å². The lowest BCUT2D eigenvalue weighted by atomic mass is 10.1. The van der Waals surface area contributed by atoms with Crippen LogP contribution in [0.5, 0.6) is 0 Å². The molecule has 1 nitrogen and oxygen atoms in total. The molecule has 0 saturated carbocycles. The minimum atomic E-state index is 0.354. The molecule has 0 unspecified atom stereocenters. The Labute approximate surface area is 92.2 Å². The number of hydrogen-bond acceptors (Lipinski definition) is 1. The van der Waals surface area contributed by atoms with Crippen LogP contribution in [0.1, 0.15) is 39.5 Å². The molecule has 0 radical (unpaired) electrons. The smallest absolute Gasteiger partial charge is 0.0428 e.